The van der Waals surface area contributed by atoms with Crippen LogP contribution in [0.15, 0.2) is 42.7 Å². The number of halogens is 1. The molecule has 1 unspecified atom stereocenters. The van der Waals surface area contributed by atoms with Crippen molar-refractivity contribution in [2.45, 2.75) is 13.0 Å². The topological polar surface area (TPSA) is 50.9 Å². The first-order valence-electron chi connectivity index (χ1n) is 5.84. The van der Waals surface area contributed by atoms with Crippen molar-refractivity contribution in [1.82, 2.24) is 4.98 Å². The van der Waals surface area contributed by atoms with Gasteiger partial charge in [0.2, 0.25) is 0 Å². The van der Waals surface area contributed by atoms with Crippen molar-refractivity contribution < 1.29 is 0 Å². The summed E-state index contributed by atoms with van der Waals surface area (Å²) in [7, 11) is 0. The summed E-state index contributed by atoms with van der Waals surface area (Å²) in [6, 6.07) is 9.63. The van der Waals surface area contributed by atoms with Crippen molar-refractivity contribution in [3.8, 4) is 0 Å². The smallest absolute Gasteiger partial charge is 0.0654 e. The van der Waals surface area contributed by atoms with E-state index in [1.165, 1.54) is 5.56 Å². The van der Waals surface area contributed by atoms with Crippen LogP contribution in [-0.2, 0) is 0 Å². The van der Waals surface area contributed by atoms with Crippen LogP contribution in [0.3, 0.4) is 0 Å². The molecule has 94 valence electrons. The molecule has 0 radical (unpaired) electrons. The van der Waals surface area contributed by atoms with Gasteiger partial charge >= 0.3 is 0 Å². The number of rotatable bonds is 4. The highest BCUT2D eigenvalue weighted by Gasteiger charge is 2.13. The number of nitrogens with one attached hydrogen (secondary N) is 1. The number of anilines is 1. The third kappa shape index (κ3) is 2.81. The Morgan fingerprint density at radius 2 is 2.11 bits per heavy atom. The van der Waals surface area contributed by atoms with E-state index >= 15 is 0 Å². The van der Waals surface area contributed by atoms with Gasteiger partial charge in [-0.05, 0) is 36.2 Å². The Bertz CT molecular complexity index is 528. The molecule has 2 aromatic rings. The minimum atomic E-state index is 0.0126. The van der Waals surface area contributed by atoms with Crippen molar-refractivity contribution in [3.05, 3.63) is 58.9 Å². The normalized spacial score (nSPS) is 12.2. The molecule has 0 amide bonds. The molecular formula is C14H16ClN3. The molecular weight excluding hydrogens is 246 g/mol. The van der Waals surface area contributed by atoms with Gasteiger partial charge in [0, 0.05) is 18.9 Å². The average molecular weight is 262 g/mol. The van der Waals surface area contributed by atoms with Gasteiger partial charge in [0.1, 0.15) is 0 Å². The van der Waals surface area contributed by atoms with Crippen LogP contribution in [0.1, 0.15) is 17.2 Å². The maximum absolute atomic E-state index is 6.13. The number of pyridine rings is 1. The highest BCUT2D eigenvalue weighted by Crippen LogP contribution is 2.26. The lowest BCUT2D eigenvalue weighted by atomic mass is 10.0. The van der Waals surface area contributed by atoms with Gasteiger partial charge in [-0.15, -0.1) is 0 Å². The van der Waals surface area contributed by atoms with E-state index in [9.17, 15) is 0 Å². The second kappa shape index (κ2) is 5.85. The fourth-order valence-electron chi connectivity index (χ4n) is 1.87. The lowest BCUT2D eigenvalue weighted by molar-refractivity contribution is 0.778. The highest BCUT2D eigenvalue weighted by atomic mass is 35.5. The molecule has 3 N–H and O–H groups in total. The molecule has 0 aliphatic heterocycles. The summed E-state index contributed by atoms with van der Waals surface area (Å²) < 4.78 is 0. The van der Waals surface area contributed by atoms with Crippen LogP contribution >= 0.6 is 11.6 Å². The van der Waals surface area contributed by atoms with Crippen molar-refractivity contribution in [2.75, 3.05) is 11.9 Å². The Kier molecular flexibility index (Phi) is 4.18. The predicted molar refractivity (Wildman–Crippen MR) is 75.8 cm³/mol. The Balaban J connectivity index is 2.26. The van der Waals surface area contributed by atoms with E-state index in [1.54, 1.807) is 6.20 Å². The van der Waals surface area contributed by atoms with Gasteiger partial charge in [-0.2, -0.15) is 0 Å². The molecule has 2 rings (SSSR count). The van der Waals surface area contributed by atoms with Crippen LogP contribution < -0.4 is 11.1 Å². The summed E-state index contributed by atoms with van der Waals surface area (Å²) in [6.07, 6.45) is 3.62. The quantitative estimate of drug-likeness (QED) is 0.889. The zero-order valence-electron chi connectivity index (χ0n) is 10.2. The van der Waals surface area contributed by atoms with Crippen LogP contribution in [0.5, 0.6) is 0 Å². The van der Waals surface area contributed by atoms with E-state index in [-0.39, 0.29) is 6.04 Å². The molecule has 1 atom stereocenters. The van der Waals surface area contributed by atoms with Crippen LogP contribution in [0.2, 0.25) is 5.02 Å². The van der Waals surface area contributed by atoms with Crippen molar-refractivity contribution in [2.24, 2.45) is 5.73 Å². The number of para-hydroxylation sites is 1. The summed E-state index contributed by atoms with van der Waals surface area (Å²) in [5.41, 5.74) is 8.99. The number of hydrogen-bond acceptors (Lipinski definition) is 3. The van der Waals surface area contributed by atoms with Crippen LogP contribution in [0, 0.1) is 6.92 Å². The van der Waals surface area contributed by atoms with Gasteiger partial charge in [0.15, 0.2) is 0 Å². The van der Waals surface area contributed by atoms with E-state index < -0.39 is 0 Å². The molecule has 0 spiro atoms. The predicted octanol–water partition coefficient (Wildman–Crippen LogP) is 3.16. The van der Waals surface area contributed by atoms with E-state index in [0.717, 1.165) is 11.3 Å². The molecule has 4 heteroatoms. The summed E-state index contributed by atoms with van der Waals surface area (Å²) in [5.74, 6) is 0. The molecule has 0 saturated heterocycles. The van der Waals surface area contributed by atoms with Gasteiger partial charge in [-0.25, -0.2) is 0 Å². The lowest BCUT2D eigenvalue weighted by Crippen LogP contribution is -2.21. The number of aryl methyl sites for hydroxylation is 1. The largest absolute Gasteiger partial charge is 0.376 e. The molecule has 1 heterocycles. The average Bonchev–Trinajstić information content (AvgIpc) is 2.39. The molecule has 3 nitrogen and oxygen atoms in total. The van der Waals surface area contributed by atoms with Crippen molar-refractivity contribution in [1.29, 1.82) is 0 Å². The Morgan fingerprint density at radius 3 is 2.78 bits per heavy atom. The van der Waals surface area contributed by atoms with E-state index in [1.807, 2.05) is 43.5 Å². The monoisotopic (exact) mass is 261 g/mol. The van der Waals surface area contributed by atoms with Crippen molar-refractivity contribution >= 4 is 17.3 Å². The first-order chi connectivity index (χ1) is 8.72. The Morgan fingerprint density at radius 1 is 1.33 bits per heavy atom. The maximum Gasteiger partial charge on any atom is 0.0654 e. The van der Waals surface area contributed by atoms with Gasteiger partial charge in [-0.1, -0.05) is 23.7 Å². The zero-order valence-corrected chi connectivity index (χ0v) is 11.0. The first-order valence-corrected chi connectivity index (χ1v) is 6.22. The second-order valence-electron chi connectivity index (χ2n) is 4.14. The molecule has 0 fully saturated rings. The van der Waals surface area contributed by atoms with Crippen molar-refractivity contribution in [3.63, 3.8) is 0 Å². The number of aromatic nitrogens is 1. The van der Waals surface area contributed by atoms with Gasteiger partial charge < -0.3 is 11.1 Å². The lowest BCUT2D eigenvalue weighted by Gasteiger charge is -2.20. The van der Waals surface area contributed by atoms with Crippen LogP contribution in [-0.4, -0.2) is 11.5 Å². The number of nitrogens with two attached hydrogens (primary N) is 1. The van der Waals surface area contributed by atoms with E-state index in [4.69, 9.17) is 17.3 Å². The fourth-order valence-corrected chi connectivity index (χ4v) is 2.06. The van der Waals surface area contributed by atoms with Crippen LogP contribution in [0.4, 0.5) is 5.69 Å². The molecule has 0 saturated carbocycles. The first kappa shape index (κ1) is 12.9. The summed E-state index contributed by atoms with van der Waals surface area (Å²) in [4.78, 5) is 4.15. The molecule has 18 heavy (non-hydrogen) atoms. The minimum absolute atomic E-state index is 0.0126. The minimum Gasteiger partial charge on any atom is -0.376 e. The standard InChI is InChI=1S/C14H16ClN3/c1-10-6-7-17-9-11(10)14(8-16)18-13-5-3-2-4-12(13)15/h2-7,9,14,18H,8,16H2,1H3. The Hall–Kier alpha value is -1.58. The summed E-state index contributed by atoms with van der Waals surface area (Å²) in [5, 5.41) is 4.05. The summed E-state index contributed by atoms with van der Waals surface area (Å²) in [6.45, 7) is 2.53. The maximum atomic E-state index is 6.13. The molecule has 1 aromatic carbocycles. The van der Waals surface area contributed by atoms with Gasteiger partial charge in [0.05, 0.1) is 16.8 Å². The summed E-state index contributed by atoms with van der Waals surface area (Å²) >= 11 is 6.13. The molecule has 0 aliphatic carbocycles. The Labute approximate surface area is 112 Å². The molecule has 0 aliphatic rings. The van der Waals surface area contributed by atoms with E-state index in [2.05, 4.69) is 10.3 Å². The molecule has 1 aromatic heterocycles. The van der Waals surface area contributed by atoms with Gasteiger partial charge in [-0.3, -0.25) is 4.98 Å². The molecule has 0 bridgehead atoms. The van der Waals surface area contributed by atoms with Gasteiger partial charge in [0.25, 0.3) is 0 Å². The third-order valence-corrected chi connectivity index (χ3v) is 3.22. The van der Waals surface area contributed by atoms with E-state index in [0.29, 0.717) is 11.6 Å². The SMILES string of the molecule is Cc1ccncc1C(CN)Nc1ccccc1Cl. The third-order valence-electron chi connectivity index (χ3n) is 2.89. The second-order valence-corrected chi connectivity index (χ2v) is 4.55. The highest BCUT2D eigenvalue weighted by molar-refractivity contribution is 6.33. The fraction of sp³-hybridized carbons (Fsp3) is 0.214. The number of nitrogens with zero attached hydrogens (tertiary/aromatic N) is 1. The van der Waals surface area contributed by atoms with Crippen LogP contribution in [0.25, 0.3) is 0 Å². The number of hydrogen-bond donors (Lipinski definition) is 2. The number of benzene rings is 1. The zero-order chi connectivity index (χ0) is 13.0.